The molecule has 0 saturated carbocycles. The Balaban J connectivity index is 3.07. The van der Waals surface area contributed by atoms with Gasteiger partial charge in [-0.2, -0.15) is 0 Å². The predicted octanol–water partition coefficient (Wildman–Crippen LogP) is 1.24. The van der Waals surface area contributed by atoms with E-state index in [-0.39, 0.29) is 29.5 Å². The largest absolute Gasteiger partial charge is 0.504 e. The van der Waals surface area contributed by atoms with Crippen molar-refractivity contribution in [3.05, 3.63) is 17.7 Å². The normalized spacial score (nSPS) is 9.86. The van der Waals surface area contributed by atoms with E-state index in [4.69, 9.17) is 4.74 Å². The zero-order chi connectivity index (χ0) is 10.7. The van der Waals surface area contributed by atoms with Gasteiger partial charge in [0.05, 0.1) is 7.11 Å². The van der Waals surface area contributed by atoms with Crippen molar-refractivity contribution in [3.8, 4) is 17.2 Å². The average Bonchev–Trinajstić information content (AvgIpc) is 2.01. The molecule has 0 heterocycles. The van der Waals surface area contributed by atoms with Crippen LogP contribution in [0.4, 0.5) is 0 Å². The lowest BCUT2D eigenvalue weighted by atomic mass is 10.1. The van der Waals surface area contributed by atoms with Gasteiger partial charge in [0, 0.05) is 6.42 Å². The summed E-state index contributed by atoms with van der Waals surface area (Å²) in [5.74, 6) is -0.334. The van der Waals surface area contributed by atoms with Crippen molar-refractivity contribution in [2.75, 3.05) is 7.11 Å². The van der Waals surface area contributed by atoms with Crippen LogP contribution in [-0.2, 0) is 11.2 Å². The summed E-state index contributed by atoms with van der Waals surface area (Å²) >= 11 is 0. The van der Waals surface area contributed by atoms with Crippen LogP contribution in [0.1, 0.15) is 12.5 Å². The van der Waals surface area contributed by atoms with Crippen LogP contribution in [0.25, 0.3) is 0 Å². The van der Waals surface area contributed by atoms with E-state index in [1.807, 2.05) is 0 Å². The van der Waals surface area contributed by atoms with Gasteiger partial charge in [-0.1, -0.05) is 0 Å². The molecular weight excluding hydrogens is 184 g/mol. The van der Waals surface area contributed by atoms with Crippen LogP contribution in [0.2, 0.25) is 0 Å². The van der Waals surface area contributed by atoms with Crippen molar-refractivity contribution in [1.82, 2.24) is 0 Å². The molecule has 1 aromatic rings. The Hall–Kier alpha value is -1.71. The number of ether oxygens (including phenoxy) is 1. The molecule has 0 aromatic heterocycles. The highest BCUT2D eigenvalue weighted by Crippen LogP contribution is 2.36. The van der Waals surface area contributed by atoms with E-state index in [1.165, 1.54) is 26.2 Å². The number of Topliss-reactive ketones (excluding diaryl/α,β-unsaturated/α-hetero) is 1. The minimum absolute atomic E-state index is 0.0253. The third-order valence-corrected chi connectivity index (χ3v) is 1.77. The minimum Gasteiger partial charge on any atom is -0.504 e. The van der Waals surface area contributed by atoms with Crippen LogP contribution in [0.5, 0.6) is 17.2 Å². The Morgan fingerprint density at radius 3 is 2.21 bits per heavy atom. The first kappa shape index (κ1) is 10.4. The standard InChI is InChI=1S/C10H12O4/c1-6(11)3-7-4-8(12)10(14-2)9(13)5-7/h4-5,12-13H,3H2,1-2H3. The average molecular weight is 196 g/mol. The van der Waals surface area contributed by atoms with Crippen LogP contribution in [0.15, 0.2) is 12.1 Å². The van der Waals surface area contributed by atoms with E-state index < -0.39 is 0 Å². The molecule has 0 saturated heterocycles. The van der Waals surface area contributed by atoms with Crippen molar-refractivity contribution in [1.29, 1.82) is 0 Å². The molecule has 0 spiro atoms. The zero-order valence-electron chi connectivity index (χ0n) is 8.07. The number of ketones is 1. The van der Waals surface area contributed by atoms with Crippen molar-refractivity contribution in [2.24, 2.45) is 0 Å². The molecule has 76 valence electrons. The molecule has 0 unspecified atom stereocenters. The third kappa shape index (κ3) is 2.16. The number of hydrogen-bond donors (Lipinski definition) is 2. The van der Waals surface area contributed by atoms with Gasteiger partial charge >= 0.3 is 0 Å². The topological polar surface area (TPSA) is 66.8 Å². The number of benzene rings is 1. The van der Waals surface area contributed by atoms with E-state index in [2.05, 4.69) is 0 Å². The lowest BCUT2D eigenvalue weighted by Crippen LogP contribution is -1.96. The molecular formula is C10H12O4. The highest BCUT2D eigenvalue weighted by atomic mass is 16.5. The van der Waals surface area contributed by atoms with Gasteiger partial charge in [-0.15, -0.1) is 0 Å². The van der Waals surface area contributed by atoms with Crippen LogP contribution in [0, 0.1) is 0 Å². The Labute approximate surface area is 81.8 Å². The van der Waals surface area contributed by atoms with Crippen LogP contribution >= 0.6 is 0 Å². The second-order valence-electron chi connectivity index (χ2n) is 3.05. The summed E-state index contributed by atoms with van der Waals surface area (Å²) in [6.45, 7) is 1.44. The molecule has 0 aliphatic heterocycles. The predicted molar refractivity (Wildman–Crippen MR) is 50.7 cm³/mol. The Morgan fingerprint density at radius 2 is 1.86 bits per heavy atom. The molecule has 0 bridgehead atoms. The molecule has 0 aliphatic carbocycles. The summed E-state index contributed by atoms with van der Waals surface area (Å²) in [4.78, 5) is 10.8. The van der Waals surface area contributed by atoms with Crippen molar-refractivity contribution in [3.63, 3.8) is 0 Å². The summed E-state index contributed by atoms with van der Waals surface area (Å²) in [7, 11) is 1.35. The fraction of sp³-hybridized carbons (Fsp3) is 0.300. The van der Waals surface area contributed by atoms with E-state index >= 15 is 0 Å². The van der Waals surface area contributed by atoms with Gasteiger partial charge in [0.15, 0.2) is 11.5 Å². The summed E-state index contributed by atoms with van der Waals surface area (Å²) in [5, 5.41) is 18.8. The Morgan fingerprint density at radius 1 is 1.36 bits per heavy atom. The number of methoxy groups -OCH3 is 1. The summed E-state index contributed by atoms with van der Waals surface area (Å²) in [6.07, 6.45) is 0.186. The van der Waals surface area contributed by atoms with Crippen molar-refractivity contribution < 1.29 is 19.7 Å². The van der Waals surface area contributed by atoms with E-state index in [0.29, 0.717) is 5.56 Å². The number of rotatable bonds is 3. The number of hydrogen-bond acceptors (Lipinski definition) is 4. The molecule has 2 N–H and O–H groups in total. The minimum atomic E-state index is -0.163. The second kappa shape index (κ2) is 4.00. The maximum atomic E-state index is 10.8. The van der Waals surface area contributed by atoms with Gasteiger partial charge in [-0.25, -0.2) is 0 Å². The smallest absolute Gasteiger partial charge is 0.202 e. The van der Waals surface area contributed by atoms with E-state index in [0.717, 1.165) is 0 Å². The molecule has 0 fully saturated rings. The zero-order valence-corrected chi connectivity index (χ0v) is 8.07. The van der Waals surface area contributed by atoms with Crippen LogP contribution < -0.4 is 4.74 Å². The fourth-order valence-electron chi connectivity index (χ4n) is 1.25. The molecule has 0 aliphatic rings. The number of phenols is 2. The van der Waals surface area contributed by atoms with Gasteiger partial charge in [0.25, 0.3) is 0 Å². The molecule has 1 aromatic carbocycles. The first-order valence-electron chi connectivity index (χ1n) is 4.13. The first-order chi connectivity index (χ1) is 6.54. The molecule has 4 heteroatoms. The summed E-state index contributed by atoms with van der Waals surface area (Å²) < 4.78 is 4.75. The number of phenolic OH excluding ortho intramolecular Hbond substituents is 2. The lowest BCUT2D eigenvalue weighted by molar-refractivity contribution is -0.116. The number of carbonyl (C=O) groups is 1. The second-order valence-corrected chi connectivity index (χ2v) is 3.05. The first-order valence-corrected chi connectivity index (χ1v) is 4.13. The highest BCUT2D eigenvalue weighted by molar-refractivity contribution is 5.78. The maximum Gasteiger partial charge on any atom is 0.202 e. The van der Waals surface area contributed by atoms with Gasteiger partial charge in [-0.3, -0.25) is 4.79 Å². The van der Waals surface area contributed by atoms with Crippen LogP contribution in [-0.4, -0.2) is 23.1 Å². The maximum absolute atomic E-state index is 10.8. The Kier molecular flexibility index (Phi) is 2.96. The quantitative estimate of drug-likeness (QED) is 0.763. The van der Waals surface area contributed by atoms with E-state index in [9.17, 15) is 15.0 Å². The van der Waals surface area contributed by atoms with Gasteiger partial charge in [0.1, 0.15) is 5.78 Å². The molecule has 0 amide bonds. The molecule has 0 radical (unpaired) electrons. The van der Waals surface area contributed by atoms with Gasteiger partial charge in [-0.05, 0) is 24.6 Å². The van der Waals surface area contributed by atoms with Crippen molar-refractivity contribution >= 4 is 5.78 Å². The number of aromatic hydroxyl groups is 2. The fourth-order valence-corrected chi connectivity index (χ4v) is 1.25. The summed E-state index contributed by atoms with van der Waals surface area (Å²) in [5.41, 5.74) is 0.563. The Bertz CT molecular complexity index is 334. The molecule has 1 rings (SSSR count). The molecule has 4 nitrogen and oxygen atoms in total. The SMILES string of the molecule is COc1c(O)cc(CC(C)=O)cc1O. The van der Waals surface area contributed by atoms with Gasteiger partial charge in [0.2, 0.25) is 5.75 Å². The third-order valence-electron chi connectivity index (χ3n) is 1.77. The van der Waals surface area contributed by atoms with Gasteiger partial charge < -0.3 is 14.9 Å². The van der Waals surface area contributed by atoms with Crippen LogP contribution in [0.3, 0.4) is 0 Å². The number of carbonyl (C=O) groups excluding carboxylic acids is 1. The lowest BCUT2D eigenvalue weighted by Gasteiger charge is -2.07. The van der Waals surface area contributed by atoms with E-state index in [1.54, 1.807) is 0 Å². The molecule has 0 atom stereocenters. The molecule has 14 heavy (non-hydrogen) atoms. The highest BCUT2D eigenvalue weighted by Gasteiger charge is 2.10. The summed E-state index contributed by atoms with van der Waals surface area (Å²) in [6, 6.07) is 2.81. The monoisotopic (exact) mass is 196 g/mol. The van der Waals surface area contributed by atoms with Crippen molar-refractivity contribution in [2.45, 2.75) is 13.3 Å².